The van der Waals surface area contributed by atoms with Crippen molar-refractivity contribution < 1.29 is 9.59 Å². The Labute approximate surface area is 179 Å². The summed E-state index contributed by atoms with van der Waals surface area (Å²) in [6.45, 7) is 6.58. The minimum atomic E-state index is -0.0204. The van der Waals surface area contributed by atoms with Gasteiger partial charge in [0.15, 0.2) is 0 Å². The average molecular weight is 424 g/mol. The lowest BCUT2D eigenvalue weighted by atomic mass is 9.77. The van der Waals surface area contributed by atoms with E-state index in [4.69, 9.17) is 0 Å². The fourth-order valence-electron chi connectivity index (χ4n) is 4.84. The van der Waals surface area contributed by atoms with Gasteiger partial charge < -0.3 is 9.80 Å². The van der Waals surface area contributed by atoms with E-state index in [9.17, 15) is 9.59 Å². The van der Waals surface area contributed by atoms with Crippen LogP contribution in [0.2, 0.25) is 0 Å². The number of nitrogens with zero attached hydrogens (tertiary/aromatic N) is 5. The summed E-state index contributed by atoms with van der Waals surface area (Å²) in [5.41, 5.74) is 3.14. The minimum Gasteiger partial charge on any atom is -0.337 e. The van der Waals surface area contributed by atoms with Crippen molar-refractivity contribution in [2.45, 2.75) is 39.7 Å². The van der Waals surface area contributed by atoms with Crippen molar-refractivity contribution in [3.63, 3.8) is 0 Å². The number of imidazole rings is 1. The SMILES string of the molecule is Cc1nc(CN2CC3(CCN(C(=O)c4c(C)nc5ccccn45)CC3)CC2=O)cs1. The van der Waals surface area contributed by atoms with Crippen LogP contribution >= 0.6 is 11.3 Å². The van der Waals surface area contributed by atoms with Gasteiger partial charge in [0, 0.05) is 43.0 Å². The molecular weight excluding hydrogens is 398 g/mol. The summed E-state index contributed by atoms with van der Waals surface area (Å²) in [5, 5.41) is 3.06. The normalized spacial score (nSPS) is 18.7. The molecule has 2 aliphatic rings. The molecule has 3 aromatic heterocycles. The minimum absolute atomic E-state index is 0.0204. The molecule has 3 aromatic rings. The number of aromatic nitrogens is 3. The maximum Gasteiger partial charge on any atom is 0.272 e. The maximum atomic E-state index is 13.3. The van der Waals surface area contributed by atoms with Crippen LogP contribution in [0.25, 0.3) is 5.65 Å². The van der Waals surface area contributed by atoms with Crippen LogP contribution in [-0.4, -0.2) is 55.6 Å². The highest BCUT2D eigenvalue weighted by molar-refractivity contribution is 7.09. The second-order valence-corrected chi connectivity index (χ2v) is 9.61. The molecule has 2 saturated heterocycles. The number of likely N-dealkylation sites (tertiary alicyclic amines) is 2. The second-order valence-electron chi connectivity index (χ2n) is 8.55. The number of hydrogen-bond acceptors (Lipinski definition) is 5. The first-order chi connectivity index (χ1) is 14.4. The molecule has 0 radical (unpaired) electrons. The van der Waals surface area contributed by atoms with E-state index in [0.29, 0.717) is 31.7 Å². The summed E-state index contributed by atoms with van der Waals surface area (Å²) < 4.78 is 1.87. The predicted octanol–water partition coefficient (Wildman–Crippen LogP) is 3.06. The Hall–Kier alpha value is -2.74. The van der Waals surface area contributed by atoms with Gasteiger partial charge in [0.2, 0.25) is 5.91 Å². The molecule has 156 valence electrons. The number of rotatable bonds is 3. The Balaban J connectivity index is 1.27. The number of hydrogen-bond donors (Lipinski definition) is 0. The summed E-state index contributed by atoms with van der Waals surface area (Å²) in [5.74, 6) is 0.234. The number of pyridine rings is 1. The number of amides is 2. The number of carbonyl (C=O) groups is 2. The molecule has 0 N–H and O–H groups in total. The van der Waals surface area contributed by atoms with Gasteiger partial charge in [0.25, 0.3) is 5.91 Å². The van der Waals surface area contributed by atoms with Crippen LogP contribution in [0, 0.1) is 19.3 Å². The molecular formula is C22H25N5O2S. The molecule has 0 atom stereocenters. The van der Waals surface area contributed by atoms with Gasteiger partial charge in [-0.3, -0.25) is 14.0 Å². The van der Waals surface area contributed by atoms with Crippen LogP contribution in [0.15, 0.2) is 29.8 Å². The van der Waals surface area contributed by atoms with E-state index in [2.05, 4.69) is 9.97 Å². The molecule has 0 bridgehead atoms. The Morgan fingerprint density at radius 3 is 2.73 bits per heavy atom. The van der Waals surface area contributed by atoms with E-state index in [-0.39, 0.29) is 17.2 Å². The maximum absolute atomic E-state index is 13.3. The zero-order valence-corrected chi connectivity index (χ0v) is 18.1. The molecule has 2 aliphatic heterocycles. The van der Waals surface area contributed by atoms with Crippen LogP contribution in [0.3, 0.4) is 0 Å². The van der Waals surface area contributed by atoms with Crippen molar-refractivity contribution >= 4 is 28.8 Å². The molecule has 2 amide bonds. The molecule has 7 nitrogen and oxygen atoms in total. The lowest BCUT2D eigenvalue weighted by Crippen LogP contribution is -2.44. The highest BCUT2D eigenvalue weighted by atomic mass is 32.1. The Kier molecular flexibility index (Phi) is 4.61. The van der Waals surface area contributed by atoms with Gasteiger partial charge in [-0.05, 0) is 38.8 Å². The zero-order valence-electron chi connectivity index (χ0n) is 17.3. The highest BCUT2D eigenvalue weighted by Gasteiger charge is 2.45. The quantitative estimate of drug-likeness (QED) is 0.649. The number of fused-ring (bicyclic) bond motifs is 1. The van der Waals surface area contributed by atoms with Crippen molar-refractivity contribution in [2.24, 2.45) is 5.41 Å². The van der Waals surface area contributed by atoms with Crippen molar-refractivity contribution in [3.8, 4) is 0 Å². The number of thiazole rings is 1. The monoisotopic (exact) mass is 423 g/mol. The van der Waals surface area contributed by atoms with Gasteiger partial charge in [-0.15, -0.1) is 11.3 Å². The van der Waals surface area contributed by atoms with Gasteiger partial charge in [-0.25, -0.2) is 9.97 Å². The molecule has 30 heavy (non-hydrogen) atoms. The van der Waals surface area contributed by atoms with Gasteiger partial charge in [-0.2, -0.15) is 0 Å². The first kappa shape index (κ1) is 19.2. The third-order valence-electron chi connectivity index (χ3n) is 6.44. The lowest BCUT2D eigenvalue weighted by Gasteiger charge is -2.38. The van der Waals surface area contributed by atoms with Crippen LogP contribution in [-0.2, 0) is 11.3 Å². The molecule has 5 rings (SSSR count). The fourth-order valence-corrected chi connectivity index (χ4v) is 5.45. The van der Waals surface area contributed by atoms with Gasteiger partial charge in [0.1, 0.15) is 11.3 Å². The first-order valence-corrected chi connectivity index (χ1v) is 11.2. The molecule has 5 heterocycles. The fraction of sp³-hybridized carbons (Fsp3) is 0.455. The Morgan fingerprint density at radius 2 is 2.00 bits per heavy atom. The van der Waals surface area contributed by atoms with E-state index >= 15 is 0 Å². The van der Waals surface area contributed by atoms with Gasteiger partial charge in [0.05, 0.1) is 22.9 Å². The largest absolute Gasteiger partial charge is 0.337 e. The van der Waals surface area contributed by atoms with Gasteiger partial charge >= 0.3 is 0 Å². The summed E-state index contributed by atoms with van der Waals surface area (Å²) >= 11 is 1.62. The summed E-state index contributed by atoms with van der Waals surface area (Å²) in [6, 6.07) is 5.76. The van der Waals surface area contributed by atoms with Crippen LogP contribution in [0.5, 0.6) is 0 Å². The lowest BCUT2D eigenvalue weighted by molar-refractivity contribution is -0.128. The summed E-state index contributed by atoms with van der Waals surface area (Å²) in [7, 11) is 0. The highest BCUT2D eigenvalue weighted by Crippen LogP contribution is 2.41. The van der Waals surface area contributed by atoms with E-state index in [0.717, 1.165) is 41.4 Å². The smallest absolute Gasteiger partial charge is 0.272 e. The van der Waals surface area contributed by atoms with Crippen molar-refractivity contribution in [3.05, 3.63) is 51.9 Å². The number of aryl methyl sites for hydroxylation is 2. The predicted molar refractivity (Wildman–Crippen MR) is 114 cm³/mol. The van der Waals surface area contributed by atoms with E-state index in [1.807, 2.05) is 57.8 Å². The standard InChI is InChI=1S/C22H25N5O2S/c1-15-20(27-8-4-3-5-18(27)23-15)21(29)25-9-6-22(7-10-25)11-19(28)26(14-22)12-17-13-30-16(2)24-17/h3-5,8,13H,6-7,9-12,14H2,1-2H3. The van der Waals surface area contributed by atoms with E-state index in [1.54, 1.807) is 11.3 Å². The van der Waals surface area contributed by atoms with Crippen molar-refractivity contribution in [1.29, 1.82) is 0 Å². The van der Waals surface area contributed by atoms with Crippen molar-refractivity contribution in [2.75, 3.05) is 19.6 Å². The van der Waals surface area contributed by atoms with E-state index < -0.39 is 0 Å². The Bertz CT molecular complexity index is 1130. The third kappa shape index (κ3) is 3.29. The topological polar surface area (TPSA) is 70.8 Å². The average Bonchev–Trinajstić information content (AvgIpc) is 3.37. The first-order valence-electron chi connectivity index (χ1n) is 10.4. The van der Waals surface area contributed by atoms with Crippen LogP contribution < -0.4 is 0 Å². The second kappa shape index (κ2) is 7.19. The molecule has 0 aromatic carbocycles. The number of carbonyl (C=O) groups excluding carboxylic acids is 2. The van der Waals surface area contributed by atoms with E-state index in [1.165, 1.54) is 0 Å². The van der Waals surface area contributed by atoms with Gasteiger partial charge in [-0.1, -0.05) is 6.07 Å². The molecule has 8 heteroatoms. The Morgan fingerprint density at radius 1 is 1.20 bits per heavy atom. The molecule has 0 aliphatic carbocycles. The zero-order chi connectivity index (χ0) is 20.9. The third-order valence-corrected chi connectivity index (χ3v) is 7.27. The molecule has 0 unspecified atom stereocenters. The van der Waals surface area contributed by atoms with Crippen LogP contribution in [0.1, 0.15) is 46.1 Å². The molecule has 0 saturated carbocycles. The molecule has 2 fully saturated rings. The summed E-state index contributed by atoms with van der Waals surface area (Å²) in [6.07, 6.45) is 4.17. The van der Waals surface area contributed by atoms with Crippen molar-refractivity contribution in [1.82, 2.24) is 24.2 Å². The number of piperidine rings is 1. The molecule has 1 spiro atoms. The summed E-state index contributed by atoms with van der Waals surface area (Å²) in [4.78, 5) is 38.8. The van der Waals surface area contributed by atoms with Crippen LogP contribution in [0.4, 0.5) is 0 Å².